The number of thiol groups is 1. The van der Waals surface area contributed by atoms with E-state index in [1.165, 1.54) is 14.2 Å². The average Bonchev–Trinajstić information content (AvgIpc) is 1.19. The molecule has 5 heterocycles. The van der Waals surface area contributed by atoms with Crippen molar-refractivity contribution in [2.75, 3.05) is 147 Å². The summed E-state index contributed by atoms with van der Waals surface area (Å²) in [5.41, 5.74) is 3.49. The minimum atomic E-state index is -6.03. The van der Waals surface area contributed by atoms with Crippen molar-refractivity contribution in [3.8, 4) is 0 Å². The molecule has 50 nitrogen and oxygen atoms in total. The monoisotopic (exact) mass is 1650 g/mol. The molecule has 55 heteroatoms. The number of nitrogens with one attached hydrogen (secondary N) is 4. The third-order valence-electron chi connectivity index (χ3n) is 14.1. The summed E-state index contributed by atoms with van der Waals surface area (Å²) in [6, 6.07) is -3.90. The Morgan fingerprint density at radius 3 is 1.25 bits per heavy atom. The number of methoxy groups -OCH3 is 3. The van der Waals surface area contributed by atoms with E-state index in [1.54, 1.807) is 7.11 Å². The summed E-state index contributed by atoms with van der Waals surface area (Å²) in [6.07, 6.45) is -26.7. The molecule has 622 valence electrons. The molecule has 0 radical (unpaired) electrons. The van der Waals surface area contributed by atoms with Crippen molar-refractivity contribution in [2.24, 2.45) is 5.73 Å². The van der Waals surface area contributed by atoms with Gasteiger partial charge in [-0.3, -0.25) is 42.4 Å². The standard InChI is InChI=1S/C23H39N3O20P2.C14H28NO12P.C8H17NO4S.C6H14NO8P/c1-39-6-7-41-9-8-40-5-3-15(29)24-16-19(32)17(30)12(10-27)44-22(16)45-48(37,38)46-47(35,36)42-11-13-18(31)20(33)21(43-13)26-4-2-14(28)25-23(26)34;1-23-4-5-25-7-6-24-3-2-10(17)15-11-13(19)12(18)9(8-16)26-14(11)27-28(20,21)22;1-11-4-5-13-7-6-12-3-2-8(10)9-14;7-3-5(10)4(9)2(1-8)14-6(3)15-16(11,12)13/h2,4,12-13,16-22,27,30-33H,3,5-11H2,1H3,(H,24,29)(H,35,36)(H,37,38)(H,25,28,34);9,11-14,16,18-19H,2-8H2,1H3,(H,15,17)(H2,20,21,22);14H,2-7H2,1H3,(H,9,10);2-6,8-10H,1,7H2,(H2,11,12,13)/p-6/t12?,13?,16?,17-,18?,19+,20?,21?,22+;9?,11?,12-,13+,14+;;2?,3?,4-,5+,6+/m00.0/s1. The molecule has 3 amide bonds. The van der Waals surface area contributed by atoms with Crippen molar-refractivity contribution in [3.05, 3.63) is 33.1 Å². The van der Waals surface area contributed by atoms with Crippen molar-refractivity contribution >= 4 is 61.8 Å². The molecule has 0 aliphatic carbocycles. The van der Waals surface area contributed by atoms with Gasteiger partial charge in [-0.2, -0.15) is 0 Å². The van der Waals surface area contributed by atoms with Crippen LogP contribution in [0.25, 0.3) is 0 Å². The van der Waals surface area contributed by atoms with Crippen LogP contribution in [0.3, 0.4) is 0 Å². The lowest BCUT2D eigenvalue weighted by molar-refractivity contribution is -0.363. The molecule has 1 aromatic heterocycles. The highest BCUT2D eigenvalue weighted by Crippen LogP contribution is 2.57. The second-order valence-corrected chi connectivity index (χ2v) is 27.2. The van der Waals surface area contributed by atoms with E-state index in [4.69, 9.17) is 77.5 Å². The number of ether oxygens (including phenoxy) is 13. The van der Waals surface area contributed by atoms with E-state index >= 15 is 0 Å². The first-order chi connectivity index (χ1) is 49.8. The van der Waals surface area contributed by atoms with Gasteiger partial charge in [0.25, 0.3) is 21.2 Å². The molecule has 4 saturated heterocycles. The minimum absolute atomic E-state index is 0.00189. The fraction of sp³-hybridized carbons (Fsp3) is 0.863. The zero-order chi connectivity index (χ0) is 80.0. The Bertz CT molecular complexity index is 2970. The molecule has 1 aromatic rings. The first-order valence-corrected chi connectivity index (χ1v) is 37.6. The third-order valence-corrected chi connectivity index (χ3v) is 17.8. The number of rotatable bonds is 44. The van der Waals surface area contributed by atoms with Crippen LogP contribution in [0, 0.1) is 0 Å². The van der Waals surface area contributed by atoms with Gasteiger partial charge in [-0.15, -0.1) is 0 Å². The highest BCUT2D eigenvalue weighted by molar-refractivity contribution is 7.78. The number of amides is 3. The number of hydrogen-bond acceptors (Lipinski definition) is 46. The normalized spacial score (nSPS) is 29.3. The number of carbonyl (C=O) groups excluding carboxylic acids is 3. The van der Waals surface area contributed by atoms with E-state index in [9.17, 15) is 118 Å². The zero-order valence-electron chi connectivity index (χ0n) is 56.8. The van der Waals surface area contributed by atoms with Gasteiger partial charge in [0, 0.05) is 46.4 Å². The van der Waals surface area contributed by atoms with E-state index in [0.717, 1.165) is 12.3 Å². The lowest BCUT2D eigenvalue weighted by Crippen LogP contribution is -2.64. The fourth-order valence-electron chi connectivity index (χ4n) is 8.74. The van der Waals surface area contributed by atoms with E-state index < -0.39 is 197 Å². The molecule has 0 saturated carbocycles. The number of H-pyrrole nitrogens is 1. The summed E-state index contributed by atoms with van der Waals surface area (Å²) in [4.78, 5) is 128. The highest BCUT2D eigenvalue weighted by Gasteiger charge is 2.50. The Kier molecular flexibility index (Phi) is 48.1. The molecule has 0 aromatic carbocycles. The number of aliphatic hydroxyl groups is 11. The summed E-state index contributed by atoms with van der Waals surface area (Å²) in [7, 11) is -18.1. The summed E-state index contributed by atoms with van der Waals surface area (Å²) < 4.78 is 136. The van der Waals surface area contributed by atoms with Crippen LogP contribution >= 0.6 is 44.1 Å². The molecule has 21 atom stereocenters. The van der Waals surface area contributed by atoms with Crippen molar-refractivity contribution < 1.29 is 202 Å². The van der Waals surface area contributed by atoms with Gasteiger partial charge >= 0.3 is 5.69 Å². The molecular formula is C51H92N6O44P4S-6. The lowest BCUT2D eigenvalue weighted by Gasteiger charge is -2.45. The SMILES string of the molecule is COCCOCCOCCC(=O)NC1[C@@H](OP(=O)([O-])OP(=O)([O-])OCC2OC(n3ccc(=O)[nH]c3=O)C(O)C2O)OC(CO)[C@H](O)[C@@H]1O.COCCOCCOCCC(=O)NC1[C@@H](OP(=O)([O-])[O-])OC(CO)[C@H](O)[C@@H]1O.COCCOCCOCCC(=O)NS.NC1[C@@H](OP(=O)([O-])[O-])OC(CO)[C@H](O)[C@@H]1O. The summed E-state index contributed by atoms with van der Waals surface area (Å²) >= 11 is 3.60. The Labute approximate surface area is 608 Å². The molecule has 0 spiro atoms. The summed E-state index contributed by atoms with van der Waals surface area (Å²) in [5.74, 6) is -1.66. The number of phosphoric acid groups is 4. The van der Waals surface area contributed by atoms with E-state index in [0.29, 0.717) is 77.1 Å². The van der Waals surface area contributed by atoms with E-state index in [-0.39, 0.29) is 51.8 Å². The molecule has 12 unspecified atom stereocenters. The minimum Gasteiger partial charge on any atom is -0.790 e. The number of hydrogen-bond donors (Lipinski definition) is 17. The van der Waals surface area contributed by atoms with Gasteiger partial charge in [-0.25, -0.2) is 9.11 Å². The maximum atomic E-state index is 12.6. The first kappa shape index (κ1) is 99.0. The van der Waals surface area contributed by atoms with Crippen molar-refractivity contribution in [1.82, 2.24) is 24.9 Å². The predicted molar refractivity (Wildman–Crippen MR) is 335 cm³/mol. The quantitative estimate of drug-likeness (QED) is 0.0164. The van der Waals surface area contributed by atoms with Gasteiger partial charge in [-0.05, 0) is 0 Å². The number of carbonyl (C=O) groups is 3. The van der Waals surface area contributed by atoms with Crippen LogP contribution < -0.4 is 61.7 Å². The largest absolute Gasteiger partial charge is 0.790 e. The fourth-order valence-corrected chi connectivity index (χ4v) is 11.8. The van der Waals surface area contributed by atoms with Gasteiger partial charge in [0.1, 0.15) is 85.3 Å². The number of nitrogens with two attached hydrogens (primary N) is 1. The highest BCUT2D eigenvalue weighted by atomic mass is 32.1. The molecule has 4 fully saturated rings. The van der Waals surface area contributed by atoms with Crippen LogP contribution in [-0.2, 0) is 117 Å². The molecule has 4 aliphatic heterocycles. The second kappa shape index (κ2) is 51.5. The molecule has 17 N–H and O–H groups in total. The van der Waals surface area contributed by atoms with Gasteiger partial charge in [0.05, 0.1) is 154 Å². The number of aliphatic hydroxyl groups excluding tert-OH is 11. The van der Waals surface area contributed by atoms with Gasteiger partial charge in [-0.1, -0.05) is 12.8 Å². The Morgan fingerprint density at radius 2 is 0.858 bits per heavy atom. The van der Waals surface area contributed by atoms with E-state index in [2.05, 4.69) is 50.6 Å². The molecule has 106 heavy (non-hydrogen) atoms. The van der Waals surface area contributed by atoms with Crippen molar-refractivity contribution in [2.45, 2.75) is 136 Å². The van der Waals surface area contributed by atoms with Gasteiger partial charge < -0.3 is 191 Å². The van der Waals surface area contributed by atoms with E-state index in [1.807, 2.05) is 4.98 Å². The number of phosphoric ester groups is 4. The van der Waals surface area contributed by atoms with Crippen LogP contribution in [0.4, 0.5) is 0 Å². The number of aromatic nitrogens is 2. The zero-order valence-corrected chi connectivity index (χ0v) is 61.3. The Morgan fingerprint density at radius 1 is 0.500 bits per heavy atom. The first-order valence-electron chi connectivity index (χ1n) is 31.3. The maximum Gasteiger partial charge on any atom is 0.330 e. The maximum absolute atomic E-state index is 12.6. The van der Waals surface area contributed by atoms with Gasteiger partial charge in [0.2, 0.25) is 17.7 Å². The van der Waals surface area contributed by atoms with Gasteiger partial charge in [0.15, 0.2) is 25.1 Å². The van der Waals surface area contributed by atoms with Crippen LogP contribution in [0.5, 0.6) is 0 Å². The third kappa shape index (κ3) is 38.0. The van der Waals surface area contributed by atoms with Crippen LogP contribution in [-0.4, -0.2) is 341 Å². The molecular weight excluding hydrogens is 1560 g/mol. The lowest BCUT2D eigenvalue weighted by atomic mass is 9.97. The molecule has 4 aliphatic rings. The summed E-state index contributed by atoms with van der Waals surface area (Å²) in [6.45, 7) is 1.22. The average molecular weight is 1650 g/mol. The predicted octanol–water partition coefficient (Wildman–Crippen LogP) is -14.4. The second-order valence-electron chi connectivity index (χ2n) is 21.9. The number of aromatic amines is 1. The van der Waals surface area contributed by atoms with Crippen LogP contribution in [0.1, 0.15) is 25.5 Å². The smallest absolute Gasteiger partial charge is 0.330 e. The van der Waals surface area contributed by atoms with Crippen molar-refractivity contribution in [3.63, 3.8) is 0 Å². The van der Waals surface area contributed by atoms with Crippen LogP contribution in [0.2, 0.25) is 0 Å². The Hall–Kier alpha value is -3.08. The topological polar surface area (TPSA) is 763 Å². The summed E-state index contributed by atoms with van der Waals surface area (Å²) in [5, 5.41) is 112. The van der Waals surface area contributed by atoms with Crippen molar-refractivity contribution in [1.29, 1.82) is 0 Å². The number of nitrogens with zero attached hydrogens (tertiary/aromatic N) is 1. The molecule has 5 rings (SSSR count). The molecule has 0 bridgehead atoms. The van der Waals surface area contributed by atoms with Crippen LogP contribution in [0.15, 0.2) is 21.9 Å². The Balaban J connectivity index is 0.000000549.